The Bertz CT molecular complexity index is 1100. The number of rotatable bonds is 6. The zero-order chi connectivity index (χ0) is 24.1. The third-order valence-electron chi connectivity index (χ3n) is 5.88. The Kier molecular flexibility index (Phi) is 7.05. The number of carbonyl (C=O) groups excluding carboxylic acids is 2. The van der Waals surface area contributed by atoms with E-state index in [1.807, 2.05) is 91.1 Å². The number of nitrogens with one attached hydrogen (secondary N) is 1. The molecular weight excluding hydrogens is 430 g/mol. The highest BCUT2D eigenvalue weighted by molar-refractivity contribution is 5.92. The van der Waals surface area contributed by atoms with Crippen LogP contribution in [0, 0.1) is 0 Å². The normalized spacial score (nSPS) is 14.7. The number of piperidine rings is 1. The SMILES string of the molecule is CC(C)(C)OC(=O)N1CCC(n2cccc2C(=O)NCCc2cnn(-c3ccccc3)c2)CC1. The lowest BCUT2D eigenvalue weighted by atomic mass is 10.0. The van der Waals surface area contributed by atoms with Gasteiger partial charge in [-0.25, -0.2) is 9.48 Å². The monoisotopic (exact) mass is 463 g/mol. The molecule has 0 aliphatic carbocycles. The highest BCUT2D eigenvalue weighted by Gasteiger charge is 2.28. The summed E-state index contributed by atoms with van der Waals surface area (Å²) in [5.41, 5.74) is 2.22. The highest BCUT2D eigenvalue weighted by Crippen LogP contribution is 2.25. The fraction of sp³-hybridized carbons (Fsp3) is 0.423. The van der Waals surface area contributed by atoms with E-state index in [4.69, 9.17) is 4.74 Å². The molecule has 0 saturated carbocycles. The summed E-state index contributed by atoms with van der Waals surface area (Å²) >= 11 is 0. The summed E-state index contributed by atoms with van der Waals surface area (Å²) in [6.07, 6.45) is 7.77. The first-order valence-corrected chi connectivity index (χ1v) is 11.8. The maximum atomic E-state index is 12.9. The summed E-state index contributed by atoms with van der Waals surface area (Å²) in [5, 5.41) is 7.44. The first-order valence-electron chi connectivity index (χ1n) is 11.8. The second-order valence-corrected chi connectivity index (χ2v) is 9.63. The van der Waals surface area contributed by atoms with E-state index in [0.717, 1.165) is 24.1 Å². The average Bonchev–Trinajstić information content (AvgIpc) is 3.49. The van der Waals surface area contributed by atoms with Crippen molar-refractivity contribution in [3.63, 3.8) is 0 Å². The number of benzene rings is 1. The van der Waals surface area contributed by atoms with Crippen LogP contribution in [0.5, 0.6) is 0 Å². The fourth-order valence-corrected chi connectivity index (χ4v) is 4.18. The van der Waals surface area contributed by atoms with E-state index in [-0.39, 0.29) is 18.0 Å². The summed E-state index contributed by atoms with van der Waals surface area (Å²) in [4.78, 5) is 27.0. The van der Waals surface area contributed by atoms with Gasteiger partial charge in [0, 0.05) is 38.1 Å². The lowest BCUT2D eigenvalue weighted by Gasteiger charge is -2.34. The minimum Gasteiger partial charge on any atom is -0.444 e. The van der Waals surface area contributed by atoms with Gasteiger partial charge in [-0.3, -0.25) is 4.79 Å². The molecule has 2 amide bonds. The van der Waals surface area contributed by atoms with Gasteiger partial charge < -0.3 is 19.5 Å². The average molecular weight is 464 g/mol. The molecule has 1 aliphatic rings. The molecule has 1 aliphatic heterocycles. The number of hydrogen-bond donors (Lipinski definition) is 1. The largest absolute Gasteiger partial charge is 0.444 e. The van der Waals surface area contributed by atoms with Gasteiger partial charge in [-0.15, -0.1) is 0 Å². The van der Waals surface area contributed by atoms with E-state index < -0.39 is 5.60 Å². The second kappa shape index (κ2) is 10.2. The molecule has 0 radical (unpaired) electrons. The summed E-state index contributed by atoms with van der Waals surface area (Å²) in [5.74, 6) is -0.0879. The van der Waals surface area contributed by atoms with Gasteiger partial charge in [0.15, 0.2) is 0 Å². The minimum atomic E-state index is -0.500. The van der Waals surface area contributed by atoms with E-state index in [0.29, 0.717) is 31.7 Å². The zero-order valence-electron chi connectivity index (χ0n) is 20.1. The molecular formula is C26H33N5O3. The Morgan fingerprint density at radius 2 is 1.82 bits per heavy atom. The van der Waals surface area contributed by atoms with Crippen molar-refractivity contribution in [2.75, 3.05) is 19.6 Å². The lowest BCUT2D eigenvalue weighted by molar-refractivity contribution is 0.0187. The van der Waals surface area contributed by atoms with Crippen molar-refractivity contribution in [1.82, 2.24) is 24.6 Å². The summed E-state index contributed by atoms with van der Waals surface area (Å²) < 4.78 is 9.36. The van der Waals surface area contributed by atoms with Crippen LogP contribution in [0.25, 0.3) is 5.69 Å². The molecule has 4 rings (SSSR count). The Balaban J connectivity index is 1.28. The van der Waals surface area contributed by atoms with Gasteiger partial charge >= 0.3 is 6.09 Å². The lowest BCUT2D eigenvalue weighted by Crippen LogP contribution is -2.42. The molecule has 0 bridgehead atoms. The van der Waals surface area contributed by atoms with Gasteiger partial charge in [0.05, 0.1) is 11.9 Å². The number of para-hydroxylation sites is 1. The molecule has 34 heavy (non-hydrogen) atoms. The molecule has 2 aromatic heterocycles. The fourth-order valence-electron chi connectivity index (χ4n) is 4.18. The van der Waals surface area contributed by atoms with Crippen molar-refractivity contribution >= 4 is 12.0 Å². The van der Waals surface area contributed by atoms with Crippen molar-refractivity contribution in [2.24, 2.45) is 0 Å². The van der Waals surface area contributed by atoms with Crippen LogP contribution < -0.4 is 5.32 Å². The predicted molar refractivity (Wildman–Crippen MR) is 130 cm³/mol. The summed E-state index contributed by atoms with van der Waals surface area (Å²) in [7, 11) is 0. The molecule has 0 atom stereocenters. The topological polar surface area (TPSA) is 81.4 Å². The first kappa shape index (κ1) is 23.6. The van der Waals surface area contributed by atoms with Crippen molar-refractivity contribution in [2.45, 2.75) is 51.7 Å². The molecule has 0 spiro atoms. The van der Waals surface area contributed by atoms with E-state index in [2.05, 4.69) is 10.4 Å². The van der Waals surface area contributed by atoms with Crippen LogP contribution >= 0.6 is 0 Å². The van der Waals surface area contributed by atoms with E-state index in [9.17, 15) is 9.59 Å². The van der Waals surface area contributed by atoms with E-state index in [1.165, 1.54) is 0 Å². The maximum Gasteiger partial charge on any atom is 0.410 e. The molecule has 0 unspecified atom stereocenters. The molecule has 1 aromatic carbocycles. The third kappa shape index (κ3) is 5.87. The molecule has 1 N–H and O–H groups in total. The van der Waals surface area contributed by atoms with Gasteiger partial charge in [-0.2, -0.15) is 5.10 Å². The molecule has 3 heterocycles. The number of likely N-dealkylation sites (tertiary alicyclic amines) is 1. The Morgan fingerprint density at radius 3 is 2.53 bits per heavy atom. The number of nitrogens with zero attached hydrogens (tertiary/aromatic N) is 4. The molecule has 1 saturated heterocycles. The van der Waals surface area contributed by atoms with Crippen molar-refractivity contribution < 1.29 is 14.3 Å². The smallest absolute Gasteiger partial charge is 0.410 e. The predicted octanol–water partition coefficient (Wildman–Crippen LogP) is 4.22. The number of aromatic nitrogens is 3. The summed E-state index contributed by atoms with van der Waals surface area (Å²) in [6, 6.07) is 13.9. The summed E-state index contributed by atoms with van der Waals surface area (Å²) in [6.45, 7) is 7.38. The molecule has 180 valence electrons. The van der Waals surface area contributed by atoms with Gasteiger partial charge in [-0.1, -0.05) is 18.2 Å². The van der Waals surface area contributed by atoms with Gasteiger partial charge in [0.1, 0.15) is 11.3 Å². The van der Waals surface area contributed by atoms with Crippen molar-refractivity contribution in [1.29, 1.82) is 0 Å². The molecule has 8 nitrogen and oxygen atoms in total. The minimum absolute atomic E-state index is 0.0879. The number of hydrogen-bond acceptors (Lipinski definition) is 4. The number of amides is 2. The highest BCUT2D eigenvalue weighted by atomic mass is 16.6. The maximum absolute atomic E-state index is 12.9. The van der Waals surface area contributed by atoms with Crippen LogP contribution in [0.3, 0.4) is 0 Å². The van der Waals surface area contributed by atoms with Crippen LogP contribution in [-0.2, 0) is 11.2 Å². The number of carbonyl (C=O) groups is 2. The van der Waals surface area contributed by atoms with E-state index in [1.54, 1.807) is 4.90 Å². The van der Waals surface area contributed by atoms with Crippen LogP contribution in [0.2, 0.25) is 0 Å². The van der Waals surface area contributed by atoms with Gasteiger partial charge in [-0.05, 0) is 69.9 Å². The van der Waals surface area contributed by atoms with Crippen LogP contribution in [-0.4, -0.2) is 56.5 Å². The molecule has 1 fully saturated rings. The molecule has 8 heteroatoms. The Morgan fingerprint density at radius 1 is 1.09 bits per heavy atom. The standard InChI is InChI=1S/C26H33N5O3/c1-26(2,3)34-25(33)29-16-12-21(13-17-29)30-15-7-10-23(30)24(32)27-14-11-20-18-28-31(19-20)22-8-5-4-6-9-22/h4-10,15,18-19,21H,11-14,16-17H2,1-3H3,(H,27,32). The third-order valence-corrected chi connectivity index (χ3v) is 5.88. The van der Waals surface area contributed by atoms with E-state index >= 15 is 0 Å². The Hall–Kier alpha value is -3.55. The first-order chi connectivity index (χ1) is 16.3. The zero-order valence-corrected chi connectivity index (χ0v) is 20.1. The molecule has 3 aromatic rings. The van der Waals surface area contributed by atoms with Gasteiger partial charge in [0.25, 0.3) is 5.91 Å². The van der Waals surface area contributed by atoms with Crippen molar-refractivity contribution in [3.8, 4) is 5.69 Å². The second-order valence-electron chi connectivity index (χ2n) is 9.63. The van der Waals surface area contributed by atoms with Crippen LogP contribution in [0.4, 0.5) is 4.79 Å². The van der Waals surface area contributed by atoms with Crippen LogP contribution in [0.15, 0.2) is 61.1 Å². The van der Waals surface area contributed by atoms with Crippen molar-refractivity contribution in [3.05, 3.63) is 72.3 Å². The number of ether oxygens (including phenoxy) is 1. The Labute approximate surface area is 200 Å². The van der Waals surface area contributed by atoms with Gasteiger partial charge in [0.2, 0.25) is 0 Å². The quantitative estimate of drug-likeness (QED) is 0.594. The van der Waals surface area contributed by atoms with Crippen LogP contribution in [0.1, 0.15) is 55.7 Å².